The SMILES string of the molecule is C=NCCCC(CCCC)CCCCC. The maximum absolute atomic E-state index is 3.93. The van der Waals surface area contributed by atoms with Crippen LogP contribution in [0.4, 0.5) is 0 Å². The molecule has 0 spiro atoms. The lowest BCUT2D eigenvalue weighted by Gasteiger charge is -2.15. The third-order valence-electron chi connectivity index (χ3n) is 3.11. The van der Waals surface area contributed by atoms with Crippen molar-refractivity contribution in [2.24, 2.45) is 10.9 Å². The lowest BCUT2D eigenvalue weighted by molar-refractivity contribution is 0.383. The van der Waals surface area contributed by atoms with E-state index in [1.165, 1.54) is 57.8 Å². The summed E-state index contributed by atoms with van der Waals surface area (Å²) in [6, 6.07) is 0. The molecule has 0 aromatic carbocycles. The molecule has 0 heterocycles. The van der Waals surface area contributed by atoms with Crippen LogP contribution in [-0.4, -0.2) is 13.3 Å². The van der Waals surface area contributed by atoms with Gasteiger partial charge in [0, 0.05) is 6.54 Å². The van der Waals surface area contributed by atoms with Crippen LogP contribution in [0.25, 0.3) is 0 Å². The first kappa shape index (κ1) is 14.7. The molecule has 0 amide bonds. The minimum atomic E-state index is 0.955. The average molecular weight is 211 g/mol. The van der Waals surface area contributed by atoms with E-state index >= 15 is 0 Å². The zero-order valence-electron chi connectivity index (χ0n) is 10.8. The second kappa shape index (κ2) is 11.7. The topological polar surface area (TPSA) is 12.4 Å². The van der Waals surface area contributed by atoms with Gasteiger partial charge in [0.05, 0.1) is 0 Å². The van der Waals surface area contributed by atoms with Crippen LogP contribution < -0.4 is 0 Å². The fraction of sp³-hybridized carbons (Fsp3) is 0.929. The Morgan fingerprint density at radius 3 is 2.07 bits per heavy atom. The van der Waals surface area contributed by atoms with Gasteiger partial charge in [0.25, 0.3) is 0 Å². The van der Waals surface area contributed by atoms with E-state index in [1.807, 2.05) is 0 Å². The van der Waals surface area contributed by atoms with Crippen LogP contribution in [0.5, 0.6) is 0 Å². The van der Waals surface area contributed by atoms with Crippen molar-refractivity contribution >= 4 is 6.72 Å². The van der Waals surface area contributed by atoms with Gasteiger partial charge in [-0.1, -0.05) is 58.8 Å². The molecule has 0 N–H and O–H groups in total. The first-order valence-corrected chi connectivity index (χ1v) is 6.77. The molecule has 0 aromatic heterocycles. The third-order valence-corrected chi connectivity index (χ3v) is 3.11. The molecule has 0 fully saturated rings. The first-order valence-electron chi connectivity index (χ1n) is 6.77. The quantitative estimate of drug-likeness (QED) is 0.342. The van der Waals surface area contributed by atoms with Gasteiger partial charge in [-0.05, 0) is 25.5 Å². The smallest absolute Gasteiger partial charge is 0.0382 e. The van der Waals surface area contributed by atoms with Gasteiger partial charge in [0.1, 0.15) is 0 Å². The molecule has 0 aromatic rings. The maximum atomic E-state index is 3.93. The number of aliphatic imine (C=N–C) groups is 1. The molecule has 0 bridgehead atoms. The molecule has 0 aliphatic rings. The number of rotatable bonds is 11. The highest BCUT2D eigenvalue weighted by Gasteiger charge is 2.07. The molecule has 15 heavy (non-hydrogen) atoms. The van der Waals surface area contributed by atoms with Crippen molar-refractivity contribution in [1.29, 1.82) is 0 Å². The Hall–Kier alpha value is -0.330. The molecule has 0 radical (unpaired) electrons. The molecule has 1 unspecified atom stereocenters. The molecule has 1 nitrogen and oxygen atoms in total. The van der Waals surface area contributed by atoms with Crippen LogP contribution in [0.15, 0.2) is 4.99 Å². The Morgan fingerprint density at radius 2 is 1.47 bits per heavy atom. The van der Waals surface area contributed by atoms with Crippen molar-refractivity contribution in [2.75, 3.05) is 6.54 Å². The summed E-state index contributed by atoms with van der Waals surface area (Å²) >= 11 is 0. The zero-order chi connectivity index (χ0) is 11.4. The summed E-state index contributed by atoms with van der Waals surface area (Å²) in [5.74, 6) is 0.957. The normalized spacial score (nSPS) is 12.7. The van der Waals surface area contributed by atoms with E-state index in [4.69, 9.17) is 0 Å². The summed E-state index contributed by atoms with van der Waals surface area (Å²) in [5.41, 5.74) is 0. The summed E-state index contributed by atoms with van der Waals surface area (Å²) in [5, 5.41) is 0. The van der Waals surface area contributed by atoms with E-state index in [2.05, 4.69) is 25.6 Å². The number of hydrogen-bond acceptors (Lipinski definition) is 1. The van der Waals surface area contributed by atoms with Crippen molar-refractivity contribution in [3.8, 4) is 0 Å². The highest BCUT2D eigenvalue weighted by Crippen LogP contribution is 2.21. The predicted octanol–water partition coefficient (Wildman–Crippen LogP) is 4.85. The van der Waals surface area contributed by atoms with Crippen LogP contribution in [0.3, 0.4) is 0 Å². The second-order valence-electron chi connectivity index (χ2n) is 4.59. The van der Waals surface area contributed by atoms with Gasteiger partial charge in [-0.3, -0.25) is 0 Å². The van der Waals surface area contributed by atoms with E-state index in [0.717, 1.165) is 12.5 Å². The Labute approximate surface area is 96.4 Å². The molecule has 1 heteroatoms. The standard InChI is InChI=1S/C14H29N/c1-4-6-8-11-14(10-7-5-2)12-9-13-15-3/h14H,3-13H2,1-2H3. The van der Waals surface area contributed by atoms with Gasteiger partial charge in [0.2, 0.25) is 0 Å². The molecule has 0 aliphatic carbocycles. The molecular weight excluding hydrogens is 182 g/mol. The van der Waals surface area contributed by atoms with Gasteiger partial charge >= 0.3 is 0 Å². The van der Waals surface area contributed by atoms with Crippen LogP contribution in [0.2, 0.25) is 0 Å². The summed E-state index contributed by atoms with van der Waals surface area (Å²) in [7, 11) is 0. The van der Waals surface area contributed by atoms with Gasteiger partial charge in [-0.25, -0.2) is 0 Å². The minimum Gasteiger partial charge on any atom is -0.301 e. The zero-order valence-corrected chi connectivity index (χ0v) is 10.8. The molecule has 1 atom stereocenters. The highest BCUT2D eigenvalue weighted by atomic mass is 14.7. The number of hydrogen-bond donors (Lipinski definition) is 0. The lowest BCUT2D eigenvalue weighted by atomic mass is 9.91. The predicted molar refractivity (Wildman–Crippen MR) is 70.8 cm³/mol. The third kappa shape index (κ3) is 9.96. The Bertz CT molecular complexity index is 131. The van der Waals surface area contributed by atoms with Crippen molar-refractivity contribution in [2.45, 2.75) is 71.6 Å². The van der Waals surface area contributed by atoms with Gasteiger partial charge in [-0.2, -0.15) is 0 Å². The molecule has 0 rings (SSSR count). The average Bonchev–Trinajstić information content (AvgIpc) is 2.25. The highest BCUT2D eigenvalue weighted by molar-refractivity contribution is 5.22. The van der Waals surface area contributed by atoms with Crippen LogP contribution in [-0.2, 0) is 0 Å². The second-order valence-corrected chi connectivity index (χ2v) is 4.59. The molecule has 0 saturated heterocycles. The number of nitrogens with zero attached hydrogens (tertiary/aromatic N) is 1. The first-order chi connectivity index (χ1) is 7.35. The van der Waals surface area contributed by atoms with Crippen molar-refractivity contribution in [3.63, 3.8) is 0 Å². The van der Waals surface area contributed by atoms with Crippen molar-refractivity contribution in [3.05, 3.63) is 0 Å². The summed E-state index contributed by atoms with van der Waals surface area (Å²) in [6.45, 7) is 9.07. The van der Waals surface area contributed by atoms with Crippen molar-refractivity contribution < 1.29 is 0 Å². The van der Waals surface area contributed by atoms with E-state index in [1.54, 1.807) is 0 Å². The molecule has 0 saturated carbocycles. The lowest BCUT2D eigenvalue weighted by Crippen LogP contribution is -2.02. The molecule has 0 aliphatic heterocycles. The van der Waals surface area contributed by atoms with Gasteiger partial charge < -0.3 is 4.99 Å². The Morgan fingerprint density at radius 1 is 0.867 bits per heavy atom. The van der Waals surface area contributed by atoms with Gasteiger partial charge in [-0.15, -0.1) is 0 Å². The van der Waals surface area contributed by atoms with E-state index in [0.29, 0.717) is 0 Å². The fourth-order valence-electron chi connectivity index (χ4n) is 2.10. The molecule has 90 valence electrons. The Balaban J connectivity index is 3.57. The van der Waals surface area contributed by atoms with Crippen LogP contribution in [0.1, 0.15) is 71.6 Å². The summed E-state index contributed by atoms with van der Waals surface area (Å²) < 4.78 is 0. The monoisotopic (exact) mass is 211 g/mol. The Kier molecular flexibility index (Phi) is 11.5. The maximum Gasteiger partial charge on any atom is 0.0382 e. The summed E-state index contributed by atoms with van der Waals surface area (Å²) in [6.07, 6.45) is 12.4. The minimum absolute atomic E-state index is 0.955. The van der Waals surface area contributed by atoms with Crippen LogP contribution >= 0.6 is 0 Å². The largest absolute Gasteiger partial charge is 0.301 e. The van der Waals surface area contributed by atoms with Crippen LogP contribution in [0, 0.1) is 5.92 Å². The molecular formula is C14H29N. The van der Waals surface area contributed by atoms with Crippen molar-refractivity contribution in [1.82, 2.24) is 0 Å². The van der Waals surface area contributed by atoms with E-state index < -0.39 is 0 Å². The van der Waals surface area contributed by atoms with E-state index in [9.17, 15) is 0 Å². The summed E-state index contributed by atoms with van der Waals surface area (Å²) in [4.78, 5) is 3.93. The number of unbranched alkanes of at least 4 members (excludes halogenated alkanes) is 3. The fourth-order valence-corrected chi connectivity index (χ4v) is 2.10. The van der Waals surface area contributed by atoms with E-state index in [-0.39, 0.29) is 0 Å². The van der Waals surface area contributed by atoms with Gasteiger partial charge in [0.15, 0.2) is 0 Å².